The molecule has 2 unspecified atom stereocenters. The Kier molecular flexibility index (Phi) is 4.63. The molecule has 1 N–H and O–H groups in total. The summed E-state index contributed by atoms with van der Waals surface area (Å²) >= 11 is 0. The van der Waals surface area contributed by atoms with E-state index in [0.717, 1.165) is 18.4 Å². The predicted molar refractivity (Wildman–Crippen MR) is 76.2 cm³/mol. The van der Waals surface area contributed by atoms with Crippen LogP contribution in [0, 0.1) is 5.41 Å². The first-order valence-electron chi connectivity index (χ1n) is 7.16. The molecule has 1 aliphatic carbocycles. The Hall–Kier alpha value is -1.16. The van der Waals surface area contributed by atoms with Gasteiger partial charge < -0.3 is 10.1 Å². The van der Waals surface area contributed by atoms with Gasteiger partial charge in [0, 0.05) is 12.1 Å². The maximum atomic E-state index is 12.0. The molecule has 20 heavy (non-hydrogen) atoms. The van der Waals surface area contributed by atoms with Crippen LogP contribution in [-0.4, -0.2) is 18.7 Å². The minimum absolute atomic E-state index is 0.217. The lowest BCUT2D eigenvalue weighted by Gasteiger charge is -2.15. The van der Waals surface area contributed by atoms with Gasteiger partial charge in [-0.2, -0.15) is 8.78 Å². The average molecular weight is 283 g/mol. The highest BCUT2D eigenvalue weighted by Crippen LogP contribution is 2.44. The van der Waals surface area contributed by atoms with E-state index in [1.165, 1.54) is 6.42 Å². The second-order valence-electron chi connectivity index (χ2n) is 6.37. The molecular weight excluding hydrogens is 260 g/mol. The van der Waals surface area contributed by atoms with E-state index in [2.05, 4.69) is 30.8 Å². The molecule has 1 saturated carbocycles. The smallest absolute Gasteiger partial charge is 0.387 e. The van der Waals surface area contributed by atoms with Gasteiger partial charge in [-0.15, -0.1) is 0 Å². The fourth-order valence-corrected chi connectivity index (χ4v) is 2.40. The molecule has 0 spiro atoms. The molecule has 0 saturated heterocycles. The second kappa shape index (κ2) is 6.08. The Labute approximate surface area is 119 Å². The fraction of sp³-hybridized carbons (Fsp3) is 0.625. The standard InChI is InChI=1S/C16H23F2NO/c1-11(19-14-10-16(14,2)3)4-5-12-6-8-13(9-7-12)20-15(17)18/h6-9,11,14-15,19H,4-5,10H2,1-3H3. The van der Waals surface area contributed by atoms with Crippen molar-refractivity contribution in [2.45, 2.75) is 58.7 Å². The van der Waals surface area contributed by atoms with E-state index in [9.17, 15) is 8.78 Å². The van der Waals surface area contributed by atoms with Crippen LogP contribution in [0.2, 0.25) is 0 Å². The average Bonchev–Trinajstić information content (AvgIpc) is 2.95. The minimum Gasteiger partial charge on any atom is -0.435 e. The summed E-state index contributed by atoms with van der Waals surface area (Å²) in [4.78, 5) is 0. The van der Waals surface area contributed by atoms with E-state index < -0.39 is 6.61 Å². The number of nitrogens with one attached hydrogen (secondary N) is 1. The molecule has 112 valence electrons. The number of hydrogen-bond donors (Lipinski definition) is 1. The van der Waals surface area contributed by atoms with Gasteiger partial charge in [-0.05, 0) is 49.3 Å². The molecule has 0 radical (unpaired) electrons. The maximum absolute atomic E-state index is 12.0. The number of benzene rings is 1. The van der Waals surface area contributed by atoms with Gasteiger partial charge in [-0.25, -0.2) is 0 Å². The third-order valence-corrected chi connectivity index (χ3v) is 4.01. The van der Waals surface area contributed by atoms with Gasteiger partial charge in [0.05, 0.1) is 0 Å². The molecule has 2 atom stereocenters. The van der Waals surface area contributed by atoms with Crippen LogP contribution in [0.1, 0.15) is 39.2 Å². The van der Waals surface area contributed by atoms with Gasteiger partial charge >= 0.3 is 6.61 Å². The summed E-state index contributed by atoms with van der Waals surface area (Å²) in [6.45, 7) is 3.99. The molecule has 0 aliphatic heterocycles. The van der Waals surface area contributed by atoms with E-state index in [0.29, 0.717) is 17.5 Å². The van der Waals surface area contributed by atoms with Crippen molar-refractivity contribution in [1.29, 1.82) is 0 Å². The summed E-state index contributed by atoms with van der Waals surface area (Å²) in [5.41, 5.74) is 1.60. The normalized spacial score (nSPS) is 21.8. The molecular formula is C16H23F2NO. The zero-order chi connectivity index (χ0) is 14.8. The van der Waals surface area contributed by atoms with Crippen molar-refractivity contribution >= 4 is 0 Å². The predicted octanol–water partition coefficient (Wildman–Crippen LogP) is 4.00. The highest BCUT2D eigenvalue weighted by atomic mass is 19.3. The number of aryl methyl sites for hydroxylation is 1. The van der Waals surface area contributed by atoms with Crippen molar-refractivity contribution in [3.05, 3.63) is 29.8 Å². The van der Waals surface area contributed by atoms with Gasteiger partial charge in [0.1, 0.15) is 5.75 Å². The van der Waals surface area contributed by atoms with Gasteiger partial charge in [0.15, 0.2) is 0 Å². The first kappa shape index (κ1) is 15.2. The topological polar surface area (TPSA) is 21.3 Å². The van der Waals surface area contributed by atoms with Gasteiger partial charge in [-0.1, -0.05) is 26.0 Å². The summed E-state index contributed by atoms with van der Waals surface area (Å²) in [6, 6.07) is 8.02. The Morgan fingerprint density at radius 1 is 1.30 bits per heavy atom. The van der Waals surface area contributed by atoms with E-state index in [1.54, 1.807) is 12.1 Å². The molecule has 0 aromatic heterocycles. The Morgan fingerprint density at radius 2 is 1.90 bits per heavy atom. The Morgan fingerprint density at radius 3 is 2.40 bits per heavy atom. The first-order chi connectivity index (χ1) is 9.37. The van der Waals surface area contributed by atoms with Crippen molar-refractivity contribution < 1.29 is 13.5 Å². The second-order valence-corrected chi connectivity index (χ2v) is 6.37. The molecule has 1 aliphatic rings. The third-order valence-electron chi connectivity index (χ3n) is 4.01. The van der Waals surface area contributed by atoms with Gasteiger partial charge in [0.25, 0.3) is 0 Å². The lowest BCUT2D eigenvalue weighted by Crippen LogP contribution is -2.30. The van der Waals surface area contributed by atoms with Crippen LogP contribution in [0.25, 0.3) is 0 Å². The molecule has 4 heteroatoms. The van der Waals surface area contributed by atoms with Crippen molar-refractivity contribution in [3.8, 4) is 5.75 Å². The number of alkyl halides is 2. The third kappa shape index (κ3) is 4.44. The summed E-state index contributed by atoms with van der Waals surface area (Å²) in [7, 11) is 0. The molecule has 1 aromatic rings. The Balaban J connectivity index is 1.73. The number of halogens is 2. The van der Waals surface area contributed by atoms with Crippen LogP contribution in [0.3, 0.4) is 0 Å². The maximum Gasteiger partial charge on any atom is 0.387 e. The van der Waals surface area contributed by atoms with Crippen LogP contribution in [0.5, 0.6) is 5.75 Å². The summed E-state index contributed by atoms with van der Waals surface area (Å²) in [5, 5.41) is 3.63. The summed E-state index contributed by atoms with van der Waals surface area (Å²) in [5.74, 6) is 0.217. The largest absolute Gasteiger partial charge is 0.435 e. The summed E-state index contributed by atoms with van der Waals surface area (Å²) < 4.78 is 28.4. The molecule has 2 rings (SSSR count). The first-order valence-corrected chi connectivity index (χ1v) is 7.16. The van der Waals surface area contributed by atoms with E-state index in [-0.39, 0.29) is 5.75 Å². The van der Waals surface area contributed by atoms with Crippen LogP contribution < -0.4 is 10.1 Å². The van der Waals surface area contributed by atoms with E-state index in [1.807, 2.05) is 12.1 Å². The number of hydrogen-bond acceptors (Lipinski definition) is 2. The molecule has 0 heterocycles. The quantitative estimate of drug-likeness (QED) is 0.816. The molecule has 0 bridgehead atoms. The molecule has 2 nitrogen and oxygen atoms in total. The fourth-order valence-electron chi connectivity index (χ4n) is 2.40. The van der Waals surface area contributed by atoms with E-state index >= 15 is 0 Å². The van der Waals surface area contributed by atoms with Crippen molar-refractivity contribution in [3.63, 3.8) is 0 Å². The number of rotatable bonds is 7. The van der Waals surface area contributed by atoms with Crippen LogP contribution in [0.15, 0.2) is 24.3 Å². The zero-order valence-corrected chi connectivity index (χ0v) is 12.3. The van der Waals surface area contributed by atoms with E-state index in [4.69, 9.17) is 0 Å². The highest BCUT2D eigenvalue weighted by molar-refractivity contribution is 5.27. The van der Waals surface area contributed by atoms with Crippen molar-refractivity contribution in [2.75, 3.05) is 0 Å². The molecule has 0 amide bonds. The summed E-state index contributed by atoms with van der Waals surface area (Å²) in [6.07, 6.45) is 3.23. The zero-order valence-electron chi connectivity index (χ0n) is 12.3. The number of ether oxygens (including phenoxy) is 1. The molecule has 1 aromatic carbocycles. The lowest BCUT2D eigenvalue weighted by atomic mass is 10.1. The Bertz CT molecular complexity index is 431. The van der Waals surface area contributed by atoms with Crippen molar-refractivity contribution in [2.24, 2.45) is 5.41 Å². The molecule has 1 fully saturated rings. The van der Waals surface area contributed by atoms with Crippen LogP contribution in [-0.2, 0) is 6.42 Å². The van der Waals surface area contributed by atoms with Crippen LogP contribution in [0.4, 0.5) is 8.78 Å². The van der Waals surface area contributed by atoms with Crippen LogP contribution >= 0.6 is 0 Å². The highest BCUT2D eigenvalue weighted by Gasteiger charge is 2.45. The van der Waals surface area contributed by atoms with Crippen molar-refractivity contribution in [1.82, 2.24) is 5.32 Å². The van der Waals surface area contributed by atoms with Gasteiger partial charge in [-0.3, -0.25) is 0 Å². The minimum atomic E-state index is -2.76. The monoisotopic (exact) mass is 283 g/mol. The lowest BCUT2D eigenvalue weighted by molar-refractivity contribution is -0.0498. The van der Waals surface area contributed by atoms with Gasteiger partial charge in [0.2, 0.25) is 0 Å². The SMILES string of the molecule is CC(CCc1ccc(OC(F)F)cc1)NC1CC1(C)C.